The van der Waals surface area contributed by atoms with Crippen LogP contribution < -0.4 is 5.73 Å². The van der Waals surface area contributed by atoms with E-state index in [-0.39, 0.29) is 18.6 Å². The van der Waals surface area contributed by atoms with Gasteiger partial charge in [-0.15, -0.1) is 0 Å². The van der Waals surface area contributed by atoms with Crippen molar-refractivity contribution in [3.8, 4) is 0 Å². The van der Waals surface area contributed by atoms with Crippen LogP contribution in [-0.4, -0.2) is 48.3 Å². The molecule has 0 saturated carbocycles. The highest BCUT2D eigenvalue weighted by atomic mass is 16.5. The second kappa shape index (κ2) is 5.16. The molecule has 1 aliphatic heterocycles. The summed E-state index contributed by atoms with van der Waals surface area (Å²) < 4.78 is 5.30. The van der Waals surface area contributed by atoms with Crippen molar-refractivity contribution in [2.24, 2.45) is 0 Å². The van der Waals surface area contributed by atoms with E-state index in [0.29, 0.717) is 30.9 Å². The number of aliphatic hydroxyl groups excluding tert-OH is 1. The standard InChI is InChI=1S/C12H16N2O3/c13-11-4-2-1-3-10(11)12(16)14-5-6-17-9(7-14)8-15/h1-4,9,15H,5-8,13H2. The van der Waals surface area contributed by atoms with Gasteiger partial charge in [-0.1, -0.05) is 12.1 Å². The maximum Gasteiger partial charge on any atom is 0.256 e. The summed E-state index contributed by atoms with van der Waals surface area (Å²) in [7, 11) is 0. The van der Waals surface area contributed by atoms with Crippen molar-refractivity contribution >= 4 is 11.6 Å². The fourth-order valence-electron chi connectivity index (χ4n) is 1.88. The van der Waals surface area contributed by atoms with Gasteiger partial charge in [0.15, 0.2) is 0 Å². The number of hydrogen-bond donors (Lipinski definition) is 2. The maximum atomic E-state index is 12.2. The molecule has 17 heavy (non-hydrogen) atoms. The number of nitrogen functional groups attached to an aromatic ring is 1. The van der Waals surface area contributed by atoms with Gasteiger partial charge in [0.05, 0.1) is 24.9 Å². The van der Waals surface area contributed by atoms with E-state index < -0.39 is 0 Å². The number of carbonyl (C=O) groups excluding carboxylic acids is 1. The minimum atomic E-state index is -0.294. The summed E-state index contributed by atoms with van der Waals surface area (Å²) in [4.78, 5) is 13.9. The van der Waals surface area contributed by atoms with Gasteiger partial charge in [0.2, 0.25) is 0 Å². The predicted molar refractivity (Wildman–Crippen MR) is 63.6 cm³/mol. The third-order valence-corrected chi connectivity index (χ3v) is 2.82. The Morgan fingerprint density at radius 1 is 1.53 bits per heavy atom. The second-order valence-electron chi connectivity index (χ2n) is 4.01. The number of amides is 1. The minimum Gasteiger partial charge on any atom is -0.398 e. The van der Waals surface area contributed by atoms with E-state index in [4.69, 9.17) is 15.6 Å². The molecule has 1 aromatic carbocycles. The molecule has 1 aliphatic rings. The lowest BCUT2D eigenvalue weighted by Crippen LogP contribution is -2.47. The second-order valence-corrected chi connectivity index (χ2v) is 4.01. The van der Waals surface area contributed by atoms with Crippen LogP contribution >= 0.6 is 0 Å². The van der Waals surface area contributed by atoms with Crippen molar-refractivity contribution in [3.05, 3.63) is 29.8 Å². The molecule has 5 nitrogen and oxygen atoms in total. The van der Waals surface area contributed by atoms with Crippen LogP contribution in [0.5, 0.6) is 0 Å². The molecule has 0 aromatic heterocycles. The highest BCUT2D eigenvalue weighted by molar-refractivity contribution is 5.99. The van der Waals surface area contributed by atoms with Crippen LogP contribution in [0.3, 0.4) is 0 Å². The number of nitrogens with two attached hydrogens (primary N) is 1. The fourth-order valence-corrected chi connectivity index (χ4v) is 1.88. The number of aliphatic hydroxyl groups is 1. The summed E-state index contributed by atoms with van der Waals surface area (Å²) in [6, 6.07) is 6.99. The molecule has 0 aliphatic carbocycles. The molecule has 2 rings (SSSR count). The summed E-state index contributed by atoms with van der Waals surface area (Å²) in [6.45, 7) is 1.31. The smallest absolute Gasteiger partial charge is 0.256 e. The summed E-state index contributed by atoms with van der Waals surface area (Å²) in [5, 5.41) is 9.03. The molecular formula is C12H16N2O3. The van der Waals surface area contributed by atoms with Crippen molar-refractivity contribution in [2.45, 2.75) is 6.10 Å². The van der Waals surface area contributed by atoms with Crippen molar-refractivity contribution in [2.75, 3.05) is 32.0 Å². The molecule has 3 N–H and O–H groups in total. The van der Waals surface area contributed by atoms with Gasteiger partial charge in [-0.2, -0.15) is 0 Å². The molecule has 0 spiro atoms. The molecule has 0 bridgehead atoms. The van der Waals surface area contributed by atoms with Crippen LogP contribution in [0.25, 0.3) is 0 Å². The third kappa shape index (κ3) is 2.57. The lowest BCUT2D eigenvalue weighted by atomic mass is 10.1. The molecule has 1 aromatic rings. The number of nitrogens with zero attached hydrogens (tertiary/aromatic N) is 1. The lowest BCUT2D eigenvalue weighted by molar-refractivity contribution is -0.0447. The fraction of sp³-hybridized carbons (Fsp3) is 0.417. The normalized spacial score (nSPS) is 20.3. The number of ether oxygens (including phenoxy) is 1. The van der Waals surface area contributed by atoms with E-state index in [1.54, 1.807) is 29.2 Å². The zero-order valence-electron chi connectivity index (χ0n) is 9.50. The number of hydrogen-bond acceptors (Lipinski definition) is 4. The van der Waals surface area contributed by atoms with E-state index in [0.717, 1.165) is 0 Å². The number of morpholine rings is 1. The Balaban J connectivity index is 2.12. The van der Waals surface area contributed by atoms with E-state index in [1.807, 2.05) is 0 Å². The van der Waals surface area contributed by atoms with Gasteiger partial charge in [-0.05, 0) is 12.1 Å². The van der Waals surface area contributed by atoms with Gasteiger partial charge >= 0.3 is 0 Å². The van der Waals surface area contributed by atoms with Crippen LogP contribution in [0.1, 0.15) is 10.4 Å². The largest absolute Gasteiger partial charge is 0.398 e. The topological polar surface area (TPSA) is 75.8 Å². The average molecular weight is 236 g/mol. The first-order valence-corrected chi connectivity index (χ1v) is 5.58. The van der Waals surface area contributed by atoms with Gasteiger partial charge in [0, 0.05) is 18.8 Å². The van der Waals surface area contributed by atoms with Crippen molar-refractivity contribution in [1.82, 2.24) is 4.90 Å². The van der Waals surface area contributed by atoms with Gasteiger partial charge in [-0.3, -0.25) is 4.79 Å². The number of carbonyl (C=O) groups is 1. The molecule has 0 radical (unpaired) electrons. The van der Waals surface area contributed by atoms with Crippen LogP contribution in [0.2, 0.25) is 0 Å². The highest BCUT2D eigenvalue weighted by Gasteiger charge is 2.25. The molecule has 1 unspecified atom stereocenters. The quantitative estimate of drug-likeness (QED) is 0.714. The lowest BCUT2D eigenvalue weighted by Gasteiger charge is -2.32. The first kappa shape index (κ1) is 11.9. The first-order valence-electron chi connectivity index (χ1n) is 5.58. The average Bonchev–Trinajstić information content (AvgIpc) is 2.38. The number of benzene rings is 1. The Bertz CT molecular complexity index is 408. The Hall–Kier alpha value is -1.59. The Kier molecular flexibility index (Phi) is 3.61. The molecule has 5 heteroatoms. The molecule has 1 saturated heterocycles. The monoisotopic (exact) mass is 236 g/mol. The third-order valence-electron chi connectivity index (χ3n) is 2.82. The first-order chi connectivity index (χ1) is 8.22. The molecule has 1 amide bonds. The number of para-hydroxylation sites is 1. The summed E-state index contributed by atoms with van der Waals surface area (Å²) in [5.74, 6) is -0.107. The maximum absolute atomic E-state index is 12.2. The zero-order chi connectivity index (χ0) is 12.3. The molecule has 92 valence electrons. The van der Waals surface area contributed by atoms with Gasteiger partial charge < -0.3 is 20.5 Å². The van der Waals surface area contributed by atoms with Gasteiger partial charge in [-0.25, -0.2) is 0 Å². The van der Waals surface area contributed by atoms with Gasteiger partial charge in [0.25, 0.3) is 5.91 Å². The Morgan fingerprint density at radius 3 is 3.00 bits per heavy atom. The van der Waals surface area contributed by atoms with E-state index in [9.17, 15) is 4.79 Å². The van der Waals surface area contributed by atoms with E-state index in [1.165, 1.54) is 0 Å². The summed E-state index contributed by atoms with van der Waals surface area (Å²) >= 11 is 0. The van der Waals surface area contributed by atoms with E-state index in [2.05, 4.69) is 0 Å². The highest BCUT2D eigenvalue weighted by Crippen LogP contribution is 2.15. The van der Waals surface area contributed by atoms with Gasteiger partial charge in [0.1, 0.15) is 0 Å². The molecule has 1 atom stereocenters. The molecular weight excluding hydrogens is 220 g/mol. The minimum absolute atomic E-state index is 0.0753. The molecule has 1 heterocycles. The predicted octanol–water partition coefficient (Wildman–Crippen LogP) is 0.102. The number of anilines is 1. The Morgan fingerprint density at radius 2 is 2.29 bits per heavy atom. The van der Waals surface area contributed by atoms with Crippen LogP contribution in [0.15, 0.2) is 24.3 Å². The van der Waals surface area contributed by atoms with Crippen molar-refractivity contribution in [3.63, 3.8) is 0 Å². The molecule has 1 fully saturated rings. The zero-order valence-corrected chi connectivity index (χ0v) is 9.50. The SMILES string of the molecule is Nc1ccccc1C(=O)N1CCOC(CO)C1. The summed E-state index contributed by atoms with van der Waals surface area (Å²) in [5.41, 5.74) is 6.75. The van der Waals surface area contributed by atoms with Crippen LogP contribution in [0.4, 0.5) is 5.69 Å². The van der Waals surface area contributed by atoms with Crippen molar-refractivity contribution in [1.29, 1.82) is 0 Å². The summed E-state index contributed by atoms with van der Waals surface area (Å²) in [6.07, 6.45) is -0.294. The van der Waals surface area contributed by atoms with Crippen LogP contribution in [0, 0.1) is 0 Å². The van der Waals surface area contributed by atoms with Crippen molar-refractivity contribution < 1.29 is 14.6 Å². The number of rotatable bonds is 2. The van der Waals surface area contributed by atoms with E-state index >= 15 is 0 Å². The Labute approximate surface area is 99.8 Å². The van der Waals surface area contributed by atoms with Crippen LogP contribution in [-0.2, 0) is 4.74 Å².